The minimum atomic E-state index is 0.281. The summed E-state index contributed by atoms with van der Waals surface area (Å²) in [7, 11) is 0. The fourth-order valence-corrected chi connectivity index (χ4v) is 0.112. The highest BCUT2D eigenvalue weighted by Gasteiger charge is 1.72. The zero-order valence-electron chi connectivity index (χ0n) is 3.28. The Morgan fingerprint density at radius 1 is 1.60 bits per heavy atom. The van der Waals surface area contributed by atoms with Gasteiger partial charge in [-0.3, -0.25) is 0 Å². The van der Waals surface area contributed by atoms with Crippen molar-refractivity contribution in [1.29, 1.82) is 0 Å². The SMILES string of the molecule is [NH3+]CCCO. The molecule has 2 heteroatoms. The van der Waals surface area contributed by atoms with Crippen LogP contribution in [0.25, 0.3) is 0 Å². The van der Waals surface area contributed by atoms with Crippen molar-refractivity contribution in [3.63, 3.8) is 0 Å². The lowest BCUT2D eigenvalue weighted by molar-refractivity contribution is -0.369. The Kier molecular flexibility index (Phi) is 3.86. The molecule has 0 aromatic rings. The maximum Gasteiger partial charge on any atom is 0.0762 e. The predicted molar refractivity (Wildman–Crippen MR) is 19.5 cm³/mol. The van der Waals surface area contributed by atoms with E-state index < -0.39 is 0 Å². The third-order valence-corrected chi connectivity index (χ3v) is 0.408. The van der Waals surface area contributed by atoms with Gasteiger partial charge in [0.25, 0.3) is 0 Å². The van der Waals surface area contributed by atoms with Crippen molar-refractivity contribution >= 4 is 0 Å². The molecule has 0 bridgehead atoms. The van der Waals surface area contributed by atoms with Crippen LogP contribution in [0.4, 0.5) is 0 Å². The second-order valence-corrected chi connectivity index (χ2v) is 0.931. The van der Waals surface area contributed by atoms with Crippen LogP contribution in [0.3, 0.4) is 0 Å². The molecule has 5 heavy (non-hydrogen) atoms. The minimum absolute atomic E-state index is 0.281. The quantitative estimate of drug-likeness (QED) is 0.418. The van der Waals surface area contributed by atoms with Crippen molar-refractivity contribution in [2.75, 3.05) is 13.2 Å². The molecule has 4 N–H and O–H groups in total. The summed E-state index contributed by atoms with van der Waals surface area (Å²) < 4.78 is 0. The van der Waals surface area contributed by atoms with Crippen LogP contribution in [0.2, 0.25) is 0 Å². The third-order valence-electron chi connectivity index (χ3n) is 0.408. The van der Waals surface area contributed by atoms with Crippen LogP contribution in [0.1, 0.15) is 6.42 Å². The van der Waals surface area contributed by atoms with Crippen molar-refractivity contribution in [1.82, 2.24) is 0 Å². The number of aliphatic hydroxyl groups excluding tert-OH is 1. The summed E-state index contributed by atoms with van der Waals surface area (Å²) in [5.41, 5.74) is 3.52. The Morgan fingerprint density at radius 3 is 2.20 bits per heavy atom. The molecular weight excluding hydrogens is 66.0 g/mol. The van der Waals surface area contributed by atoms with Gasteiger partial charge in [0, 0.05) is 13.0 Å². The van der Waals surface area contributed by atoms with Crippen LogP contribution in [0, 0.1) is 0 Å². The smallest absolute Gasteiger partial charge is 0.0762 e. The molecule has 2 nitrogen and oxygen atoms in total. The molecule has 0 heterocycles. The van der Waals surface area contributed by atoms with Gasteiger partial charge in [0.15, 0.2) is 0 Å². The summed E-state index contributed by atoms with van der Waals surface area (Å²) >= 11 is 0. The van der Waals surface area contributed by atoms with E-state index in [-0.39, 0.29) is 6.61 Å². The molecular formula is C3H10NO+. The van der Waals surface area contributed by atoms with Gasteiger partial charge in [-0.15, -0.1) is 0 Å². The predicted octanol–water partition coefficient (Wildman–Crippen LogP) is -1.39. The van der Waals surface area contributed by atoms with Gasteiger partial charge in [-0.1, -0.05) is 0 Å². The number of aliphatic hydroxyl groups is 1. The minimum Gasteiger partial charge on any atom is -0.396 e. The number of hydrogen-bond donors (Lipinski definition) is 2. The van der Waals surface area contributed by atoms with E-state index in [4.69, 9.17) is 5.11 Å². The number of rotatable bonds is 2. The molecule has 0 amide bonds. The van der Waals surface area contributed by atoms with Crippen molar-refractivity contribution in [2.45, 2.75) is 6.42 Å². The van der Waals surface area contributed by atoms with E-state index in [1.165, 1.54) is 0 Å². The zero-order chi connectivity index (χ0) is 4.12. The molecule has 0 saturated heterocycles. The Labute approximate surface area is 31.6 Å². The normalized spacial score (nSPS) is 8.40. The van der Waals surface area contributed by atoms with E-state index in [1.54, 1.807) is 0 Å². The van der Waals surface area contributed by atoms with Gasteiger partial charge in [0.2, 0.25) is 0 Å². The molecule has 0 radical (unpaired) electrons. The Bertz CT molecular complexity index is 14.4. The molecule has 0 saturated carbocycles. The first kappa shape index (κ1) is 4.92. The molecule has 0 unspecified atom stereocenters. The molecule has 32 valence electrons. The summed E-state index contributed by atoms with van der Waals surface area (Å²) in [5.74, 6) is 0. The molecule has 0 fully saturated rings. The van der Waals surface area contributed by atoms with Gasteiger partial charge in [-0.2, -0.15) is 0 Å². The van der Waals surface area contributed by atoms with Crippen molar-refractivity contribution in [3.8, 4) is 0 Å². The highest BCUT2D eigenvalue weighted by atomic mass is 16.2. The zero-order valence-corrected chi connectivity index (χ0v) is 3.28. The van der Waals surface area contributed by atoms with Crippen LogP contribution >= 0.6 is 0 Å². The van der Waals surface area contributed by atoms with Crippen LogP contribution in [0.5, 0.6) is 0 Å². The van der Waals surface area contributed by atoms with Crippen LogP contribution in [0.15, 0.2) is 0 Å². The van der Waals surface area contributed by atoms with E-state index in [0.717, 1.165) is 13.0 Å². The second kappa shape index (κ2) is 3.92. The first-order chi connectivity index (χ1) is 2.41. The lowest BCUT2D eigenvalue weighted by Crippen LogP contribution is -2.50. The van der Waals surface area contributed by atoms with Gasteiger partial charge < -0.3 is 10.8 Å². The maximum absolute atomic E-state index is 8.03. The van der Waals surface area contributed by atoms with Crippen LogP contribution in [-0.4, -0.2) is 18.3 Å². The third kappa shape index (κ3) is 3.92. The van der Waals surface area contributed by atoms with E-state index in [0.29, 0.717) is 0 Å². The molecule has 0 aromatic heterocycles. The van der Waals surface area contributed by atoms with E-state index in [9.17, 15) is 0 Å². The van der Waals surface area contributed by atoms with Gasteiger partial charge in [0.1, 0.15) is 0 Å². The van der Waals surface area contributed by atoms with E-state index >= 15 is 0 Å². The molecule has 0 aromatic carbocycles. The molecule has 0 atom stereocenters. The average molecular weight is 76.1 g/mol. The topological polar surface area (TPSA) is 47.9 Å². The average Bonchev–Trinajstić information content (AvgIpc) is 1.41. The lowest BCUT2D eigenvalue weighted by atomic mass is 10.5. The van der Waals surface area contributed by atoms with Crippen LogP contribution in [-0.2, 0) is 0 Å². The van der Waals surface area contributed by atoms with Gasteiger partial charge in [-0.25, -0.2) is 0 Å². The lowest BCUT2D eigenvalue weighted by Gasteiger charge is -1.77. The largest absolute Gasteiger partial charge is 0.396 e. The van der Waals surface area contributed by atoms with Crippen LogP contribution < -0.4 is 5.73 Å². The van der Waals surface area contributed by atoms with Gasteiger partial charge >= 0.3 is 0 Å². The van der Waals surface area contributed by atoms with Crippen molar-refractivity contribution in [3.05, 3.63) is 0 Å². The maximum atomic E-state index is 8.03. The number of hydrogen-bond acceptors (Lipinski definition) is 1. The van der Waals surface area contributed by atoms with E-state index in [2.05, 4.69) is 5.73 Å². The first-order valence-corrected chi connectivity index (χ1v) is 1.82. The summed E-state index contributed by atoms with van der Waals surface area (Å²) in [6.07, 6.45) is 0.833. The standard InChI is InChI=1S/C3H9NO/c4-2-1-3-5/h5H,1-4H2/p+1. The summed E-state index contributed by atoms with van der Waals surface area (Å²) in [4.78, 5) is 0. The van der Waals surface area contributed by atoms with Crippen molar-refractivity contribution in [2.24, 2.45) is 0 Å². The Balaban J connectivity index is 2.19. The Hall–Kier alpha value is -0.0800. The molecule has 0 spiro atoms. The second-order valence-electron chi connectivity index (χ2n) is 0.931. The van der Waals surface area contributed by atoms with Gasteiger partial charge in [0.05, 0.1) is 6.54 Å². The number of quaternary nitrogens is 1. The fourth-order valence-electron chi connectivity index (χ4n) is 0.112. The van der Waals surface area contributed by atoms with E-state index in [1.807, 2.05) is 0 Å². The highest BCUT2D eigenvalue weighted by molar-refractivity contribution is 4.20. The van der Waals surface area contributed by atoms with Crippen molar-refractivity contribution < 1.29 is 10.8 Å². The highest BCUT2D eigenvalue weighted by Crippen LogP contribution is 1.60. The van der Waals surface area contributed by atoms with Gasteiger partial charge in [-0.05, 0) is 0 Å². The molecule has 0 rings (SSSR count). The Morgan fingerprint density at radius 2 is 2.20 bits per heavy atom. The molecule has 0 aliphatic carbocycles. The molecule has 0 aliphatic heterocycles. The summed E-state index contributed by atoms with van der Waals surface area (Å²) in [6.45, 7) is 1.12. The fraction of sp³-hybridized carbons (Fsp3) is 1.00. The summed E-state index contributed by atoms with van der Waals surface area (Å²) in [6, 6.07) is 0. The first-order valence-electron chi connectivity index (χ1n) is 1.82. The monoisotopic (exact) mass is 76.1 g/mol. The summed E-state index contributed by atoms with van der Waals surface area (Å²) in [5, 5.41) is 8.03. The molecule has 0 aliphatic rings.